The van der Waals surface area contributed by atoms with Gasteiger partial charge < -0.3 is 52.5 Å². The molecule has 21 atom stereocenters. The third kappa shape index (κ3) is 18.0. The molecule has 3 N–H and O–H groups in total. The molecule has 4 saturated heterocycles. The number of benzene rings is 5. The van der Waals surface area contributed by atoms with Gasteiger partial charge in [0.15, 0.2) is 0 Å². The van der Waals surface area contributed by atoms with Crippen molar-refractivity contribution in [2.24, 2.45) is 71.0 Å². The van der Waals surface area contributed by atoms with Crippen LogP contribution in [0.4, 0.5) is 0 Å². The van der Waals surface area contributed by atoms with E-state index in [9.17, 15) is 5.11 Å². The molecule has 4 aliphatic rings. The number of aryl methyl sites for hydroxylation is 1. The van der Waals surface area contributed by atoms with Gasteiger partial charge in [-0.3, -0.25) is 0 Å². The van der Waals surface area contributed by atoms with Gasteiger partial charge in [-0.1, -0.05) is 202 Å². The van der Waals surface area contributed by atoms with Crippen molar-refractivity contribution in [3.05, 3.63) is 178 Å². The van der Waals surface area contributed by atoms with Gasteiger partial charge in [0, 0.05) is 95.8 Å². The Morgan fingerprint density at radius 3 is 1.27 bits per heavy atom. The topological polar surface area (TPSA) is 121 Å². The third-order valence-electron chi connectivity index (χ3n) is 23.7. The van der Waals surface area contributed by atoms with Crippen LogP contribution in [0.2, 0.25) is 0 Å². The molecule has 0 amide bonds. The van der Waals surface area contributed by atoms with Crippen molar-refractivity contribution in [3.63, 3.8) is 0 Å². The number of carbonyl (C=O) groups excluding carboxylic acids is 1. The predicted molar refractivity (Wildman–Crippen MR) is 422 cm³/mol. The first kappa shape index (κ1) is 78.9. The van der Waals surface area contributed by atoms with Crippen molar-refractivity contribution < 1.29 is 28.8 Å². The number of nitrogens with one attached hydrogen (secondary N) is 2. The molecule has 0 radical (unpaired) electrons. The average molecular weight is 1480 g/mol. The first-order valence-electron chi connectivity index (χ1n) is 37.2. The van der Waals surface area contributed by atoms with Gasteiger partial charge in [0.2, 0.25) is 0 Å². The Hall–Kier alpha value is -5.77. The molecule has 0 spiro atoms. The molecule has 10 aromatic rings. The zero-order valence-corrected chi connectivity index (χ0v) is 66.3. The van der Waals surface area contributed by atoms with Crippen LogP contribution in [0, 0.1) is 77.9 Å². The zero-order valence-electron chi connectivity index (χ0n) is 63.1. The molecule has 0 bridgehead atoms. The van der Waals surface area contributed by atoms with Crippen molar-refractivity contribution in [1.29, 1.82) is 0 Å². The van der Waals surface area contributed by atoms with E-state index in [1.54, 1.807) is 0 Å². The number of fused-ring (bicyclic) bond motifs is 5. The number of aromatic amines is 2. The molecule has 9 heterocycles. The highest BCUT2D eigenvalue weighted by atomic mass is 79.9. The SMILES string of the molecule is Brc1c[nH]c2ccccc12.CC=O.CC[C@H]1O[C@@H](n2cc(Br)c3ccccc32)[C@H](C)[C@@H](C)C1C.CC[C@H]1O[C@@H](n2cc(C(C)O)c3ccccc32)[C@H](C)[C@@H](C)C1C.CC[C@H]1O[C@@H](n2cc(C)c3ccccc32)[C@H](C)[C@@H](C)C1C.CC[C@H]1O[C@H](C)[C@H](C)[C@@H](C)C1C.c1ccc2[nH]ccc2c1. The van der Waals surface area contributed by atoms with E-state index < -0.39 is 6.10 Å². The fourth-order valence-electron chi connectivity index (χ4n) is 15.9. The van der Waals surface area contributed by atoms with Crippen molar-refractivity contribution in [2.45, 2.75) is 219 Å². The van der Waals surface area contributed by atoms with Gasteiger partial charge in [-0.05, 0) is 186 Å². The summed E-state index contributed by atoms with van der Waals surface area (Å²) < 4.78 is 34.6. The van der Waals surface area contributed by atoms with Crippen LogP contribution < -0.4 is 0 Å². The molecular formula is C86H119Br2N5O6. The number of H-pyrrole nitrogens is 2. The van der Waals surface area contributed by atoms with Crippen LogP contribution in [-0.2, 0) is 23.7 Å². The summed E-state index contributed by atoms with van der Waals surface area (Å²) in [6.45, 7) is 44.5. The number of aldehydes is 1. The van der Waals surface area contributed by atoms with E-state index in [2.05, 4.69) is 296 Å². The summed E-state index contributed by atoms with van der Waals surface area (Å²) in [7, 11) is 0. The molecule has 13 heteroatoms. The number of aromatic nitrogens is 5. The molecule has 5 aromatic carbocycles. The molecule has 0 aliphatic carbocycles. The standard InChI is InChI=1S/C20H29NO2.C19H27NO.C18H24BrNO.C11H22O.C8H6BrN.C8H7N.C2H4O/c1-6-19-13(3)12(2)14(4)20(23-19)21-11-17(15(5)22)16-9-7-8-10-18(16)21;1-6-18-14(4)13(3)15(5)19(21-18)20-11-12(2)16-9-7-8-10-17(16)20;1-5-17-12(3)11(2)13(4)18(21-17)20-10-15(19)14-8-6-7-9-16(14)20;1-6-11-9(4)7(2)8(3)10(5)12-11;9-7-5-10-8-4-2-1-3-6(7)8;1-2-4-8-7(3-1)5-6-9-8;1-2-3/h7-15,19-20,22H,6H2,1-5H3;7-11,13-15,18-19H,6H2,1-5H3;6-13,17-18H,5H2,1-4H3;7-11H,6H2,1-5H3;1-5,10H;1-6,9H;2H,1H3/t12-,13?,14+,15?,19+,20+;13-,14?,15+,18+,19+;11-,12?,13+,17+,18+;7-,8-,9?,10-,11-;;;/m0001.../s1. The number of hydrogen-bond donors (Lipinski definition) is 3. The Labute approximate surface area is 610 Å². The quantitative estimate of drug-likeness (QED) is 0.130. The number of hydrogen-bond acceptors (Lipinski definition) is 6. The second-order valence-corrected chi connectivity index (χ2v) is 31.0. The molecule has 11 nitrogen and oxygen atoms in total. The summed E-state index contributed by atoms with van der Waals surface area (Å²) in [4.78, 5) is 15.1. The fraction of sp³-hybridized carbons (Fsp3) is 0.523. The van der Waals surface area contributed by atoms with E-state index in [0.29, 0.717) is 89.7 Å². The van der Waals surface area contributed by atoms with E-state index in [-0.39, 0.29) is 18.7 Å². The second kappa shape index (κ2) is 36.4. The first-order chi connectivity index (χ1) is 47.4. The Kier molecular flexibility index (Phi) is 29.0. The maximum Gasteiger partial charge on any atom is 0.137 e. The maximum absolute atomic E-state index is 10.1. The number of para-hydroxylation sites is 5. The Balaban J connectivity index is 0.000000155. The van der Waals surface area contributed by atoms with Crippen LogP contribution in [0.1, 0.15) is 193 Å². The number of halogens is 2. The molecule has 14 rings (SSSR count). The van der Waals surface area contributed by atoms with E-state index in [0.717, 1.165) is 69.2 Å². The van der Waals surface area contributed by atoms with Crippen LogP contribution in [0.3, 0.4) is 0 Å². The minimum Gasteiger partial charge on any atom is -0.389 e. The second-order valence-electron chi connectivity index (χ2n) is 29.3. The lowest BCUT2D eigenvalue weighted by atomic mass is 9.76. The smallest absolute Gasteiger partial charge is 0.137 e. The summed E-state index contributed by atoms with van der Waals surface area (Å²) in [5.41, 5.74) is 8.39. The van der Waals surface area contributed by atoms with Crippen molar-refractivity contribution >= 4 is 92.7 Å². The molecule has 99 heavy (non-hydrogen) atoms. The molecule has 4 fully saturated rings. The van der Waals surface area contributed by atoms with E-state index >= 15 is 0 Å². The van der Waals surface area contributed by atoms with Crippen LogP contribution >= 0.6 is 31.9 Å². The normalized spacial score (nSPS) is 30.0. The molecule has 0 saturated carbocycles. The number of aliphatic hydroxyl groups excluding tert-OH is 1. The highest BCUT2D eigenvalue weighted by molar-refractivity contribution is 9.11. The molecule has 5 aromatic heterocycles. The van der Waals surface area contributed by atoms with E-state index in [1.807, 2.05) is 49.6 Å². The minimum absolute atomic E-state index is 0.0311. The molecule has 4 aliphatic heterocycles. The van der Waals surface area contributed by atoms with Gasteiger partial charge in [-0.25, -0.2) is 0 Å². The largest absolute Gasteiger partial charge is 0.389 e. The summed E-state index contributed by atoms with van der Waals surface area (Å²) in [6.07, 6.45) is 17.3. The fourth-order valence-corrected chi connectivity index (χ4v) is 16.9. The highest BCUT2D eigenvalue weighted by Gasteiger charge is 2.43. The average Bonchev–Trinajstić information content (AvgIpc) is 1.72. The number of rotatable bonds is 8. The zero-order chi connectivity index (χ0) is 72.1. The molecular weight excluding hydrogens is 1360 g/mol. The lowest BCUT2D eigenvalue weighted by molar-refractivity contribution is -0.166. The Morgan fingerprint density at radius 1 is 0.434 bits per heavy atom. The highest BCUT2D eigenvalue weighted by Crippen LogP contribution is 2.47. The number of aliphatic hydroxyl groups is 1. The predicted octanol–water partition coefficient (Wildman–Crippen LogP) is 24.1. The van der Waals surface area contributed by atoms with Gasteiger partial charge in [-0.2, -0.15) is 0 Å². The minimum atomic E-state index is -0.474. The van der Waals surface area contributed by atoms with Crippen LogP contribution in [0.15, 0.2) is 167 Å². The Bertz CT molecular complexity index is 3930. The number of nitrogens with zero attached hydrogens (tertiary/aromatic N) is 3. The van der Waals surface area contributed by atoms with Gasteiger partial charge in [0.25, 0.3) is 0 Å². The summed E-state index contributed by atoms with van der Waals surface area (Å²) >= 11 is 7.12. The monoisotopic (exact) mass is 1480 g/mol. The van der Waals surface area contributed by atoms with Crippen molar-refractivity contribution in [1.82, 2.24) is 23.7 Å². The van der Waals surface area contributed by atoms with Crippen molar-refractivity contribution in [3.8, 4) is 0 Å². The lowest BCUT2D eigenvalue weighted by Gasteiger charge is -2.44. The van der Waals surface area contributed by atoms with Crippen LogP contribution in [0.25, 0.3) is 54.5 Å². The Morgan fingerprint density at radius 2 is 0.808 bits per heavy atom. The van der Waals surface area contributed by atoms with Gasteiger partial charge in [0.1, 0.15) is 25.0 Å². The van der Waals surface area contributed by atoms with Gasteiger partial charge in [0.05, 0.1) is 53.2 Å². The van der Waals surface area contributed by atoms with Crippen molar-refractivity contribution in [2.75, 3.05) is 0 Å². The summed E-state index contributed by atoms with van der Waals surface area (Å²) in [6, 6.07) is 43.9. The lowest BCUT2D eigenvalue weighted by Crippen LogP contribution is -2.42. The van der Waals surface area contributed by atoms with Gasteiger partial charge in [-0.15, -0.1) is 0 Å². The molecule has 538 valence electrons. The van der Waals surface area contributed by atoms with Crippen LogP contribution in [0.5, 0.6) is 0 Å². The molecule has 5 unspecified atom stereocenters. The van der Waals surface area contributed by atoms with Gasteiger partial charge >= 0.3 is 0 Å². The third-order valence-corrected chi connectivity index (χ3v) is 25.0. The number of carbonyl (C=O) groups is 1. The van der Waals surface area contributed by atoms with E-state index in [1.165, 1.54) is 56.1 Å². The van der Waals surface area contributed by atoms with Crippen LogP contribution in [-0.4, -0.2) is 65.6 Å². The summed E-state index contributed by atoms with van der Waals surface area (Å²) in [5.74, 6) is 7.47. The summed E-state index contributed by atoms with van der Waals surface area (Å²) in [5, 5.41) is 16.4. The maximum atomic E-state index is 10.1. The first-order valence-corrected chi connectivity index (χ1v) is 38.8. The van der Waals surface area contributed by atoms with E-state index in [4.69, 9.17) is 23.7 Å². The number of ether oxygens (including phenoxy) is 4.